The van der Waals surface area contributed by atoms with Gasteiger partial charge in [0.2, 0.25) is 0 Å². The number of rotatable bonds is 5. The van der Waals surface area contributed by atoms with Gasteiger partial charge in [-0.2, -0.15) is 0 Å². The van der Waals surface area contributed by atoms with Crippen molar-refractivity contribution in [3.63, 3.8) is 0 Å². The topological polar surface area (TPSA) is 99.4 Å². The normalized spacial score (nSPS) is 14.9. The van der Waals surface area contributed by atoms with Crippen LogP contribution in [-0.4, -0.2) is 53.5 Å². The largest absolute Gasteiger partial charge is 0.393 e. The highest BCUT2D eigenvalue weighted by Gasteiger charge is 2.20. The molecule has 0 spiro atoms. The van der Waals surface area contributed by atoms with Crippen LogP contribution < -0.4 is 21.5 Å². The fourth-order valence-corrected chi connectivity index (χ4v) is 3.02. The van der Waals surface area contributed by atoms with E-state index >= 15 is 0 Å². The molecule has 1 aromatic heterocycles. The summed E-state index contributed by atoms with van der Waals surface area (Å²) >= 11 is 0. The molecule has 3 rings (SSSR count). The van der Waals surface area contributed by atoms with E-state index < -0.39 is 0 Å². The number of nitrogen functional groups attached to an aromatic ring is 1. The summed E-state index contributed by atoms with van der Waals surface area (Å²) in [4.78, 5) is 25.4. The van der Waals surface area contributed by atoms with Crippen molar-refractivity contribution in [3.05, 3.63) is 41.7 Å². The Morgan fingerprint density at radius 2 is 1.92 bits per heavy atom. The number of carbonyl (C=O) groups excluding carboxylic acids is 1. The summed E-state index contributed by atoms with van der Waals surface area (Å²) < 4.78 is 0. The molecule has 0 radical (unpaired) electrons. The first-order valence-electron chi connectivity index (χ1n) is 8.80. The van der Waals surface area contributed by atoms with Crippen LogP contribution in [0, 0.1) is 6.92 Å². The third-order valence-electron chi connectivity index (χ3n) is 4.67. The van der Waals surface area contributed by atoms with Crippen molar-refractivity contribution < 1.29 is 4.79 Å². The summed E-state index contributed by atoms with van der Waals surface area (Å²) in [7, 11) is 0. The quantitative estimate of drug-likeness (QED) is 0.695. The summed E-state index contributed by atoms with van der Waals surface area (Å²) in [6.07, 6.45) is 1.46. The molecule has 1 aliphatic rings. The Balaban J connectivity index is 1.68. The van der Waals surface area contributed by atoms with Crippen LogP contribution in [0.4, 0.5) is 17.3 Å². The number of nitrogens with zero attached hydrogens (tertiary/aromatic N) is 4. The summed E-state index contributed by atoms with van der Waals surface area (Å²) in [5, 5.41) is 0. The Hall–Kier alpha value is -2.87. The lowest BCUT2D eigenvalue weighted by Gasteiger charge is -2.35. The summed E-state index contributed by atoms with van der Waals surface area (Å²) in [6.45, 7) is 8.79. The lowest BCUT2D eigenvalue weighted by atomic mass is 10.1. The van der Waals surface area contributed by atoms with Crippen LogP contribution in [0.3, 0.4) is 0 Å². The van der Waals surface area contributed by atoms with E-state index in [1.807, 2.05) is 25.1 Å². The molecular formula is C18H25N7O. The van der Waals surface area contributed by atoms with Crippen molar-refractivity contribution in [2.75, 3.05) is 48.8 Å². The molecule has 8 nitrogen and oxygen atoms in total. The van der Waals surface area contributed by atoms with Gasteiger partial charge in [-0.3, -0.25) is 15.6 Å². The first-order chi connectivity index (χ1) is 12.6. The van der Waals surface area contributed by atoms with Gasteiger partial charge in [-0.25, -0.2) is 9.97 Å². The van der Waals surface area contributed by atoms with Gasteiger partial charge in [0.15, 0.2) is 11.6 Å². The highest BCUT2D eigenvalue weighted by molar-refractivity contribution is 5.96. The van der Waals surface area contributed by atoms with Crippen molar-refractivity contribution in [1.82, 2.24) is 20.3 Å². The Kier molecular flexibility index (Phi) is 5.52. The first-order valence-corrected chi connectivity index (χ1v) is 8.80. The molecule has 0 bridgehead atoms. The monoisotopic (exact) mass is 355 g/mol. The van der Waals surface area contributed by atoms with Crippen molar-refractivity contribution in [2.24, 2.45) is 0 Å². The van der Waals surface area contributed by atoms with Crippen molar-refractivity contribution in [2.45, 2.75) is 13.8 Å². The zero-order chi connectivity index (χ0) is 18.5. The van der Waals surface area contributed by atoms with E-state index in [0.29, 0.717) is 22.9 Å². The molecule has 2 aromatic rings. The number of hydrogen-bond acceptors (Lipinski definition) is 7. The summed E-state index contributed by atoms with van der Waals surface area (Å²) in [6, 6.07) is 7.39. The minimum atomic E-state index is -0.237. The SMILES string of the molecule is CCN1CCN(c2ncnc(NNC(=O)c3ccccc3C)c2N)CC1. The van der Waals surface area contributed by atoms with Crippen LogP contribution in [0.2, 0.25) is 0 Å². The van der Waals surface area contributed by atoms with Gasteiger partial charge in [0.05, 0.1) is 0 Å². The second-order valence-electron chi connectivity index (χ2n) is 6.27. The molecule has 8 heteroatoms. The highest BCUT2D eigenvalue weighted by atomic mass is 16.2. The van der Waals surface area contributed by atoms with Crippen LogP contribution in [0.5, 0.6) is 0 Å². The number of carbonyl (C=O) groups is 1. The maximum absolute atomic E-state index is 12.3. The number of anilines is 3. The van der Waals surface area contributed by atoms with Gasteiger partial charge >= 0.3 is 0 Å². The van der Waals surface area contributed by atoms with E-state index in [-0.39, 0.29) is 5.91 Å². The first kappa shape index (κ1) is 17.9. The van der Waals surface area contributed by atoms with Gasteiger partial charge in [0, 0.05) is 31.7 Å². The van der Waals surface area contributed by atoms with E-state index in [0.717, 1.165) is 38.3 Å². The average Bonchev–Trinajstić information content (AvgIpc) is 2.67. The maximum atomic E-state index is 12.3. The number of nitrogens with one attached hydrogen (secondary N) is 2. The second-order valence-corrected chi connectivity index (χ2v) is 6.27. The predicted octanol–water partition coefficient (Wildman–Crippen LogP) is 1.27. The molecule has 0 saturated carbocycles. The van der Waals surface area contributed by atoms with E-state index in [9.17, 15) is 4.79 Å². The maximum Gasteiger partial charge on any atom is 0.269 e. The number of likely N-dealkylation sites (N-methyl/N-ethyl adjacent to an activating group) is 1. The van der Waals surface area contributed by atoms with Gasteiger partial charge in [0.25, 0.3) is 5.91 Å². The zero-order valence-corrected chi connectivity index (χ0v) is 15.2. The third kappa shape index (κ3) is 3.85. The molecule has 1 amide bonds. The molecule has 2 heterocycles. The molecule has 1 saturated heterocycles. The van der Waals surface area contributed by atoms with Gasteiger partial charge < -0.3 is 15.5 Å². The van der Waals surface area contributed by atoms with E-state index in [4.69, 9.17) is 5.73 Å². The number of benzene rings is 1. The van der Waals surface area contributed by atoms with Crippen molar-refractivity contribution in [3.8, 4) is 0 Å². The number of amides is 1. The fourth-order valence-electron chi connectivity index (χ4n) is 3.02. The summed E-state index contributed by atoms with van der Waals surface area (Å²) in [5.74, 6) is 0.859. The Bertz CT molecular complexity index is 772. The van der Waals surface area contributed by atoms with Gasteiger partial charge in [-0.1, -0.05) is 25.1 Å². The lowest BCUT2D eigenvalue weighted by molar-refractivity contribution is 0.0962. The van der Waals surface area contributed by atoms with Crippen LogP contribution in [0.1, 0.15) is 22.8 Å². The molecule has 0 unspecified atom stereocenters. The number of nitrogens with two attached hydrogens (primary N) is 1. The molecular weight excluding hydrogens is 330 g/mol. The number of aromatic nitrogens is 2. The molecule has 4 N–H and O–H groups in total. The smallest absolute Gasteiger partial charge is 0.269 e. The predicted molar refractivity (Wildman–Crippen MR) is 103 cm³/mol. The second kappa shape index (κ2) is 8.01. The highest BCUT2D eigenvalue weighted by Crippen LogP contribution is 2.26. The number of aryl methyl sites for hydroxylation is 1. The van der Waals surface area contributed by atoms with Gasteiger partial charge in [0.1, 0.15) is 12.0 Å². The van der Waals surface area contributed by atoms with E-state index in [1.54, 1.807) is 6.07 Å². The minimum Gasteiger partial charge on any atom is -0.393 e. The van der Waals surface area contributed by atoms with E-state index in [2.05, 4.69) is 37.5 Å². The van der Waals surface area contributed by atoms with Crippen molar-refractivity contribution >= 4 is 23.2 Å². The molecule has 1 aliphatic heterocycles. The third-order valence-corrected chi connectivity index (χ3v) is 4.67. The molecule has 1 aromatic carbocycles. The molecule has 26 heavy (non-hydrogen) atoms. The Morgan fingerprint density at radius 1 is 1.19 bits per heavy atom. The standard InChI is InChI=1S/C18H25N7O/c1-3-24-8-10-25(11-9-24)17-15(19)16(20-12-21-17)22-23-18(26)14-7-5-4-6-13(14)2/h4-7,12H,3,8-11,19H2,1-2H3,(H,23,26)(H,20,21,22). The number of hydrazine groups is 1. The van der Waals surface area contributed by atoms with Gasteiger partial charge in [-0.05, 0) is 25.1 Å². The zero-order valence-electron chi connectivity index (χ0n) is 15.2. The summed E-state index contributed by atoms with van der Waals surface area (Å²) in [5.41, 5.74) is 13.7. The number of piperazine rings is 1. The Labute approximate surface area is 153 Å². The van der Waals surface area contributed by atoms with Gasteiger partial charge in [-0.15, -0.1) is 0 Å². The molecule has 0 aliphatic carbocycles. The van der Waals surface area contributed by atoms with Crippen LogP contribution >= 0.6 is 0 Å². The molecule has 0 atom stereocenters. The lowest BCUT2D eigenvalue weighted by Crippen LogP contribution is -2.46. The minimum absolute atomic E-state index is 0.237. The van der Waals surface area contributed by atoms with Crippen molar-refractivity contribution in [1.29, 1.82) is 0 Å². The van der Waals surface area contributed by atoms with E-state index in [1.165, 1.54) is 6.33 Å². The average molecular weight is 355 g/mol. The van der Waals surface area contributed by atoms with Crippen LogP contribution in [0.25, 0.3) is 0 Å². The van der Waals surface area contributed by atoms with Crippen LogP contribution in [-0.2, 0) is 0 Å². The molecule has 1 fully saturated rings. The fraction of sp³-hybridized carbons (Fsp3) is 0.389. The molecule has 138 valence electrons. The Morgan fingerprint density at radius 3 is 2.62 bits per heavy atom. The number of hydrogen-bond donors (Lipinski definition) is 3. The van der Waals surface area contributed by atoms with Crippen LogP contribution in [0.15, 0.2) is 30.6 Å².